The van der Waals surface area contributed by atoms with Gasteiger partial charge in [0.1, 0.15) is 0 Å². The molecule has 1 nitrogen and oxygen atoms in total. The van der Waals surface area contributed by atoms with Crippen molar-refractivity contribution in [3.8, 4) is 55.6 Å². The molecule has 2 heteroatoms. The molecule has 0 amide bonds. The van der Waals surface area contributed by atoms with Crippen LogP contribution in [0.4, 0.5) is 17.1 Å². The van der Waals surface area contributed by atoms with Crippen molar-refractivity contribution in [3.05, 3.63) is 223 Å². The lowest BCUT2D eigenvalue weighted by Gasteiger charge is -2.32. The fourth-order valence-corrected chi connectivity index (χ4v) is 10.6. The summed E-state index contributed by atoms with van der Waals surface area (Å²) in [6, 6.07) is 78.3. The van der Waals surface area contributed by atoms with Gasteiger partial charge in [-0.1, -0.05) is 190 Å². The maximum atomic E-state index is 2.55. The first-order valence-corrected chi connectivity index (χ1v) is 21.2. The number of rotatable bonds is 7. The smallest absolute Gasteiger partial charge is 0.0546 e. The van der Waals surface area contributed by atoms with Crippen molar-refractivity contribution in [2.24, 2.45) is 0 Å². The van der Waals surface area contributed by atoms with Crippen molar-refractivity contribution < 1.29 is 0 Å². The summed E-state index contributed by atoms with van der Waals surface area (Å²) in [5.74, 6) is 0. The topological polar surface area (TPSA) is 3.24 Å². The molecule has 10 aromatic rings. The van der Waals surface area contributed by atoms with E-state index in [9.17, 15) is 0 Å². The van der Waals surface area contributed by atoms with Crippen LogP contribution in [0.3, 0.4) is 0 Å². The van der Waals surface area contributed by atoms with Crippen LogP contribution < -0.4 is 4.90 Å². The van der Waals surface area contributed by atoms with Gasteiger partial charge in [0.15, 0.2) is 0 Å². The van der Waals surface area contributed by atoms with Crippen LogP contribution in [-0.2, 0) is 5.41 Å². The third-order valence-electron chi connectivity index (χ3n) is 12.3. The van der Waals surface area contributed by atoms with Gasteiger partial charge in [0.2, 0.25) is 0 Å². The molecule has 1 aliphatic carbocycles. The molecule has 0 saturated carbocycles. The van der Waals surface area contributed by atoms with Crippen molar-refractivity contribution in [2.75, 3.05) is 4.90 Å². The molecular formula is C57H41NS. The molecular weight excluding hydrogens is 731 g/mol. The third-order valence-corrected chi connectivity index (χ3v) is 13.5. The van der Waals surface area contributed by atoms with Crippen LogP contribution in [-0.4, -0.2) is 0 Å². The van der Waals surface area contributed by atoms with Crippen molar-refractivity contribution in [1.29, 1.82) is 0 Å². The summed E-state index contributed by atoms with van der Waals surface area (Å²) in [5.41, 5.74) is 18.1. The molecule has 0 fully saturated rings. The average molecular weight is 772 g/mol. The van der Waals surface area contributed by atoms with Gasteiger partial charge in [-0.15, -0.1) is 11.3 Å². The SMILES string of the molecule is CC1(C)c2ccccc2-c2ccc(N(c3ccc(-c4ccccc4)cc3-c3ccccc3)c3cc(-c4ccccc4)ccc3-c3cccc4c3sc3ccccc34)cc21. The second-order valence-corrected chi connectivity index (χ2v) is 17.1. The van der Waals surface area contributed by atoms with Gasteiger partial charge in [0.25, 0.3) is 0 Å². The Bertz CT molecular complexity index is 3180. The van der Waals surface area contributed by atoms with E-state index in [-0.39, 0.29) is 5.41 Å². The summed E-state index contributed by atoms with van der Waals surface area (Å²) in [6.45, 7) is 4.75. The molecule has 0 N–H and O–H groups in total. The molecule has 1 aromatic heterocycles. The molecule has 0 bridgehead atoms. The number of anilines is 3. The van der Waals surface area contributed by atoms with Crippen LogP contribution >= 0.6 is 11.3 Å². The number of thiophene rings is 1. The Morgan fingerprint density at radius 3 is 1.69 bits per heavy atom. The highest BCUT2D eigenvalue weighted by atomic mass is 32.1. The molecule has 9 aromatic carbocycles. The lowest BCUT2D eigenvalue weighted by molar-refractivity contribution is 0.660. The predicted molar refractivity (Wildman–Crippen MR) is 253 cm³/mol. The van der Waals surface area contributed by atoms with Crippen LogP contribution in [0.15, 0.2) is 212 Å². The standard InChI is InChI=1S/C57H41NS/c1-57(2)51-27-14-12-23-44(51)45-33-31-43(37-52(45)57)58(53-34-30-41(38-17-6-3-7-18-38)35-50(53)40-21-10-5-11-22-40)54-36-42(39-19-8-4-9-20-39)29-32-46(54)48-25-16-26-49-47-24-13-15-28-55(47)59-56(48)49/h3-37H,1-2H3. The zero-order valence-corrected chi connectivity index (χ0v) is 33.9. The minimum Gasteiger partial charge on any atom is -0.309 e. The summed E-state index contributed by atoms with van der Waals surface area (Å²) in [4.78, 5) is 2.55. The zero-order valence-electron chi connectivity index (χ0n) is 33.1. The number of nitrogens with zero attached hydrogens (tertiary/aromatic N) is 1. The first-order valence-electron chi connectivity index (χ1n) is 20.4. The summed E-state index contributed by atoms with van der Waals surface area (Å²) in [7, 11) is 0. The van der Waals surface area contributed by atoms with Crippen molar-refractivity contribution in [2.45, 2.75) is 19.3 Å². The van der Waals surface area contributed by atoms with E-state index >= 15 is 0 Å². The second kappa shape index (κ2) is 14.1. The van der Waals surface area contributed by atoms with E-state index in [1.165, 1.54) is 86.9 Å². The Kier molecular flexibility index (Phi) is 8.43. The molecule has 11 rings (SSSR count). The second-order valence-electron chi connectivity index (χ2n) is 16.1. The summed E-state index contributed by atoms with van der Waals surface area (Å²) < 4.78 is 2.60. The van der Waals surface area contributed by atoms with E-state index in [2.05, 4.69) is 231 Å². The van der Waals surface area contributed by atoms with Crippen LogP contribution in [0.5, 0.6) is 0 Å². The highest BCUT2D eigenvalue weighted by Gasteiger charge is 2.36. The number of hydrogen-bond acceptors (Lipinski definition) is 2. The van der Waals surface area contributed by atoms with Crippen LogP contribution in [0.25, 0.3) is 75.8 Å². The minimum atomic E-state index is -0.162. The molecule has 0 saturated heterocycles. The van der Waals surface area contributed by atoms with E-state index < -0.39 is 0 Å². The molecule has 0 atom stereocenters. The molecule has 59 heavy (non-hydrogen) atoms. The van der Waals surface area contributed by atoms with E-state index in [1.807, 2.05) is 11.3 Å². The lowest BCUT2D eigenvalue weighted by atomic mass is 9.82. The zero-order chi connectivity index (χ0) is 39.5. The maximum absolute atomic E-state index is 2.55. The van der Waals surface area contributed by atoms with Crippen LogP contribution in [0.2, 0.25) is 0 Å². The maximum Gasteiger partial charge on any atom is 0.0546 e. The van der Waals surface area contributed by atoms with Gasteiger partial charge >= 0.3 is 0 Å². The van der Waals surface area contributed by atoms with Gasteiger partial charge in [-0.05, 0) is 86.5 Å². The highest BCUT2D eigenvalue weighted by molar-refractivity contribution is 7.26. The molecule has 1 aliphatic rings. The molecule has 0 spiro atoms. The van der Waals surface area contributed by atoms with Gasteiger partial charge in [0, 0.05) is 48.0 Å². The van der Waals surface area contributed by atoms with E-state index in [0.29, 0.717) is 0 Å². The summed E-state index contributed by atoms with van der Waals surface area (Å²) in [6.07, 6.45) is 0. The normalized spacial score (nSPS) is 12.7. The molecule has 0 radical (unpaired) electrons. The van der Waals surface area contributed by atoms with Gasteiger partial charge in [-0.25, -0.2) is 0 Å². The van der Waals surface area contributed by atoms with Crippen LogP contribution in [0.1, 0.15) is 25.0 Å². The van der Waals surface area contributed by atoms with Gasteiger partial charge in [-0.2, -0.15) is 0 Å². The molecule has 0 unspecified atom stereocenters. The Balaban J connectivity index is 1.24. The third kappa shape index (κ3) is 5.91. The molecule has 1 heterocycles. The van der Waals surface area contributed by atoms with Crippen molar-refractivity contribution >= 4 is 48.6 Å². The molecule has 280 valence electrons. The molecule has 0 aliphatic heterocycles. The number of hydrogen-bond donors (Lipinski definition) is 0. The van der Waals surface area contributed by atoms with Crippen LogP contribution in [0, 0.1) is 0 Å². The Morgan fingerprint density at radius 1 is 0.356 bits per heavy atom. The van der Waals surface area contributed by atoms with E-state index in [4.69, 9.17) is 0 Å². The van der Waals surface area contributed by atoms with Crippen molar-refractivity contribution in [1.82, 2.24) is 0 Å². The van der Waals surface area contributed by atoms with Gasteiger partial charge in [-0.3, -0.25) is 0 Å². The highest BCUT2D eigenvalue weighted by Crippen LogP contribution is 2.53. The summed E-state index contributed by atoms with van der Waals surface area (Å²) >= 11 is 1.89. The Morgan fingerprint density at radius 2 is 0.932 bits per heavy atom. The first-order chi connectivity index (χ1) is 29.0. The van der Waals surface area contributed by atoms with Crippen molar-refractivity contribution in [3.63, 3.8) is 0 Å². The fraction of sp³-hybridized carbons (Fsp3) is 0.0526. The quantitative estimate of drug-likeness (QED) is 0.156. The number of benzene rings is 9. The lowest BCUT2D eigenvalue weighted by Crippen LogP contribution is -2.17. The van der Waals surface area contributed by atoms with Gasteiger partial charge < -0.3 is 4.90 Å². The first kappa shape index (κ1) is 35.2. The van der Waals surface area contributed by atoms with E-state index in [1.54, 1.807) is 0 Å². The number of fused-ring (bicyclic) bond motifs is 6. The monoisotopic (exact) mass is 771 g/mol. The average Bonchev–Trinajstić information content (AvgIpc) is 3.79. The fourth-order valence-electron chi connectivity index (χ4n) is 9.34. The Hall–Kier alpha value is -7.00. The predicted octanol–water partition coefficient (Wildman–Crippen LogP) is 16.5. The van der Waals surface area contributed by atoms with E-state index in [0.717, 1.165) is 17.1 Å². The Labute approximate surface area is 350 Å². The minimum absolute atomic E-state index is 0.162. The van der Waals surface area contributed by atoms with Gasteiger partial charge in [0.05, 0.1) is 11.4 Å². The summed E-state index contributed by atoms with van der Waals surface area (Å²) in [5, 5.41) is 2.60. The largest absolute Gasteiger partial charge is 0.309 e.